The number of carbonyl (C=O) groups is 1. The number of nitrogens with one attached hydrogen (secondary N) is 1. The lowest BCUT2D eigenvalue weighted by molar-refractivity contribution is -0.130. The zero-order chi connectivity index (χ0) is 13.0. The van der Waals surface area contributed by atoms with Crippen LogP contribution in [0.3, 0.4) is 0 Å². The van der Waals surface area contributed by atoms with Gasteiger partial charge >= 0.3 is 0 Å². The van der Waals surface area contributed by atoms with E-state index < -0.39 is 0 Å². The molecular formula is C14H23ClN2O2. The van der Waals surface area contributed by atoms with Crippen LogP contribution in [0.4, 0.5) is 0 Å². The van der Waals surface area contributed by atoms with Crippen LogP contribution in [0, 0.1) is 12.8 Å². The Morgan fingerprint density at radius 3 is 2.89 bits per heavy atom. The minimum atomic E-state index is 0. The second-order valence-corrected chi connectivity index (χ2v) is 5.16. The summed E-state index contributed by atoms with van der Waals surface area (Å²) >= 11 is 0. The maximum atomic E-state index is 12.0. The highest BCUT2D eigenvalue weighted by Crippen LogP contribution is 2.16. The molecule has 0 saturated carbocycles. The molecule has 0 aromatic carbocycles. The molecule has 5 heteroatoms. The van der Waals surface area contributed by atoms with E-state index in [1.807, 2.05) is 26.1 Å². The summed E-state index contributed by atoms with van der Waals surface area (Å²) in [6.45, 7) is 4.64. The molecule has 0 radical (unpaired) electrons. The predicted octanol–water partition coefficient (Wildman–Crippen LogP) is 2.36. The lowest BCUT2D eigenvalue weighted by Gasteiger charge is -2.16. The van der Waals surface area contributed by atoms with Gasteiger partial charge in [0, 0.05) is 13.5 Å². The fraction of sp³-hybridized carbons (Fsp3) is 0.643. The highest BCUT2D eigenvalue weighted by molar-refractivity contribution is 5.85. The van der Waals surface area contributed by atoms with Gasteiger partial charge in [0.2, 0.25) is 5.91 Å². The van der Waals surface area contributed by atoms with Gasteiger partial charge in [0.15, 0.2) is 0 Å². The molecular weight excluding hydrogens is 264 g/mol. The molecule has 2 rings (SSSR count). The van der Waals surface area contributed by atoms with Crippen molar-refractivity contribution >= 4 is 18.3 Å². The summed E-state index contributed by atoms with van der Waals surface area (Å²) in [7, 11) is 1.84. The molecule has 19 heavy (non-hydrogen) atoms. The first kappa shape index (κ1) is 16.1. The highest BCUT2D eigenvalue weighted by Gasteiger charge is 2.17. The molecule has 1 amide bonds. The highest BCUT2D eigenvalue weighted by atomic mass is 35.5. The first-order chi connectivity index (χ1) is 8.65. The lowest BCUT2D eigenvalue weighted by atomic mass is 10.0. The minimum absolute atomic E-state index is 0. The van der Waals surface area contributed by atoms with Crippen molar-refractivity contribution in [2.24, 2.45) is 5.92 Å². The Morgan fingerprint density at radius 2 is 2.32 bits per heavy atom. The average molecular weight is 287 g/mol. The molecule has 1 fully saturated rings. The average Bonchev–Trinajstić information content (AvgIpc) is 2.97. The van der Waals surface area contributed by atoms with Gasteiger partial charge in [0.1, 0.15) is 11.5 Å². The van der Waals surface area contributed by atoms with Gasteiger partial charge in [0.25, 0.3) is 0 Å². The van der Waals surface area contributed by atoms with Crippen LogP contribution in [0.2, 0.25) is 0 Å². The Kier molecular flexibility index (Phi) is 6.38. The first-order valence-electron chi connectivity index (χ1n) is 6.65. The van der Waals surface area contributed by atoms with Crippen molar-refractivity contribution in [3.05, 3.63) is 23.7 Å². The summed E-state index contributed by atoms with van der Waals surface area (Å²) < 4.78 is 5.48. The van der Waals surface area contributed by atoms with Crippen LogP contribution in [0.15, 0.2) is 16.5 Å². The summed E-state index contributed by atoms with van der Waals surface area (Å²) in [6, 6.07) is 3.86. The molecule has 2 heterocycles. The number of rotatable bonds is 5. The van der Waals surface area contributed by atoms with E-state index in [1.165, 1.54) is 6.42 Å². The number of halogens is 1. The topological polar surface area (TPSA) is 45.5 Å². The molecule has 1 aromatic rings. The second kappa shape index (κ2) is 7.56. The van der Waals surface area contributed by atoms with Crippen molar-refractivity contribution in [2.45, 2.75) is 32.7 Å². The van der Waals surface area contributed by atoms with Gasteiger partial charge in [-0.1, -0.05) is 0 Å². The van der Waals surface area contributed by atoms with Crippen molar-refractivity contribution in [1.82, 2.24) is 10.2 Å². The van der Waals surface area contributed by atoms with Gasteiger partial charge in [-0.2, -0.15) is 0 Å². The van der Waals surface area contributed by atoms with Gasteiger partial charge in [0.05, 0.1) is 6.54 Å². The summed E-state index contributed by atoms with van der Waals surface area (Å²) in [6.07, 6.45) is 2.84. The molecule has 0 bridgehead atoms. The van der Waals surface area contributed by atoms with Gasteiger partial charge < -0.3 is 14.6 Å². The maximum Gasteiger partial charge on any atom is 0.222 e. The van der Waals surface area contributed by atoms with E-state index in [9.17, 15) is 4.79 Å². The fourth-order valence-electron chi connectivity index (χ4n) is 2.37. The van der Waals surface area contributed by atoms with Gasteiger partial charge in [-0.05, 0) is 50.9 Å². The lowest BCUT2D eigenvalue weighted by Crippen LogP contribution is -2.26. The van der Waals surface area contributed by atoms with Crippen molar-refractivity contribution in [3.63, 3.8) is 0 Å². The van der Waals surface area contributed by atoms with Crippen LogP contribution in [0.5, 0.6) is 0 Å². The number of hydrogen-bond donors (Lipinski definition) is 1. The van der Waals surface area contributed by atoms with E-state index >= 15 is 0 Å². The standard InChI is InChI=1S/C14H22N2O2.ClH/c1-11-3-5-13(18-11)10-16(2)14(17)6-4-12-7-8-15-9-12;/h3,5,12,15H,4,6-10H2,1-2H3;1H. The monoisotopic (exact) mass is 286 g/mol. The van der Waals surface area contributed by atoms with E-state index in [-0.39, 0.29) is 18.3 Å². The number of nitrogens with zero attached hydrogens (tertiary/aromatic N) is 1. The van der Waals surface area contributed by atoms with Crippen molar-refractivity contribution in [1.29, 1.82) is 0 Å². The Labute approximate surface area is 120 Å². The summed E-state index contributed by atoms with van der Waals surface area (Å²) in [5.74, 6) is 2.62. The van der Waals surface area contributed by atoms with E-state index in [0.29, 0.717) is 18.9 Å². The second-order valence-electron chi connectivity index (χ2n) is 5.16. The van der Waals surface area contributed by atoms with Crippen LogP contribution in [-0.4, -0.2) is 30.9 Å². The number of furan rings is 1. The minimum Gasteiger partial charge on any atom is -0.464 e. The van der Waals surface area contributed by atoms with E-state index in [2.05, 4.69) is 5.32 Å². The molecule has 1 atom stereocenters. The summed E-state index contributed by atoms with van der Waals surface area (Å²) in [5, 5.41) is 3.33. The SMILES string of the molecule is Cc1ccc(CN(C)C(=O)CCC2CCNC2)o1.Cl. The zero-order valence-corrected chi connectivity index (χ0v) is 12.5. The van der Waals surface area contributed by atoms with Crippen LogP contribution < -0.4 is 5.32 Å². The molecule has 1 aliphatic heterocycles. The van der Waals surface area contributed by atoms with Crippen LogP contribution >= 0.6 is 12.4 Å². The Bertz CT molecular complexity index is 400. The van der Waals surface area contributed by atoms with E-state index in [4.69, 9.17) is 4.42 Å². The molecule has 0 spiro atoms. The third-order valence-electron chi connectivity index (χ3n) is 3.54. The third kappa shape index (κ3) is 4.88. The molecule has 1 aromatic heterocycles. The maximum absolute atomic E-state index is 12.0. The van der Waals surface area contributed by atoms with Gasteiger partial charge in [-0.15, -0.1) is 12.4 Å². The predicted molar refractivity (Wildman–Crippen MR) is 77.4 cm³/mol. The number of aryl methyl sites for hydroxylation is 1. The normalized spacial score (nSPS) is 18.1. The number of hydrogen-bond acceptors (Lipinski definition) is 3. The Balaban J connectivity index is 0.00000180. The Hall–Kier alpha value is -1.00. The van der Waals surface area contributed by atoms with Crippen LogP contribution in [0.1, 0.15) is 30.8 Å². The van der Waals surface area contributed by atoms with Crippen LogP contribution in [-0.2, 0) is 11.3 Å². The molecule has 1 unspecified atom stereocenters. The van der Waals surface area contributed by atoms with E-state index in [0.717, 1.165) is 31.0 Å². The van der Waals surface area contributed by atoms with E-state index in [1.54, 1.807) is 4.90 Å². The summed E-state index contributed by atoms with van der Waals surface area (Å²) in [4.78, 5) is 13.7. The fourth-order valence-corrected chi connectivity index (χ4v) is 2.37. The molecule has 1 N–H and O–H groups in total. The van der Waals surface area contributed by atoms with Gasteiger partial charge in [-0.3, -0.25) is 4.79 Å². The zero-order valence-electron chi connectivity index (χ0n) is 11.6. The van der Waals surface area contributed by atoms with Gasteiger partial charge in [-0.25, -0.2) is 0 Å². The molecule has 1 saturated heterocycles. The van der Waals surface area contributed by atoms with Crippen molar-refractivity contribution < 1.29 is 9.21 Å². The smallest absolute Gasteiger partial charge is 0.222 e. The number of carbonyl (C=O) groups excluding carboxylic acids is 1. The largest absolute Gasteiger partial charge is 0.464 e. The van der Waals surface area contributed by atoms with Crippen molar-refractivity contribution in [3.8, 4) is 0 Å². The third-order valence-corrected chi connectivity index (χ3v) is 3.54. The Morgan fingerprint density at radius 1 is 1.53 bits per heavy atom. The molecule has 1 aliphatic rings. The van der Waals surface area contributed by atoms with Crippen LogP contribution in [0.25, 0.3) is 0 Å². The van der Waals surface area contributed by atoms with Crippen molar-refractivity contribution in [2.75, 3.05) is 20.1 Å². The molecule has 0 aliphatic carbocycles. The first-order valence-corrected chi connectivity index (χ1v) is 6.65. The quantitative estimate of drug-likeness (QED) is 0.904. The summed E-state index contributed by atoms with van der Waals surface area (Å²) in [5.41, 5.74) is 0. The molecule has 4 nitrogen and oxygen atoms in total. The number of amides is 1. The molecule has 108 valence electrons.